The minimum Gasteiger partial charge on any atom is -0.490 e. The average molecular weight is 448 g/mol. The number of carbonyl (C=O) groups is 1. The van der Waals surface area contributed by atoms with Crippen molar-refractivity contribution in [2.24, 2.45) is 7.05 Å². The van der Waals surface area contributed by atoms with Crippen molar-refractivity contribution in [1.29, 1.82) is 0 Å². The molecule has 0 N–H and O–H groups in total. The maximum absolute atomic E-state index is 13.1. The zero-order valence-electron chi connectivity index (χ0n) is 18.3. The van der Waals surface area contributed by atoms with Gasteiger partial charge in [-0.15, -0.1) is 0 Å². The molecule has 3 heterocycles. The molecule has 0 bridgehead atoms. The lowest BCUT2D eigenvalue weighted by Gasteiger charge is -2.33. The Balaban J connectivity index is 1.40. The van der Waals surface area contributed by atoms with Crippen LogP contribution in [0.3, 0.4) is 0 Å². The summed E-state index contributed by atoms with van der Waals surface area (Å²) in [6, 6.07) is 6.70. The molecule has 31 heavy (non-hydrogen) atoms. The Morgan fingerprint density at radius 1 is 1.00 bits per heavy atom. The molecule has 2 aliphatic heterocycles. The molecule has 0 atom stereocenters. The fourth-order valence-corrected chi connectivity index (χ4v) is 5.45. The smallest absolute Gasteiger partial charge is 0.243 e. The molecular weight excluding hydrogens is 418 g/mol. The molecule has 2 aromatic rings. The van der Waals surface area contributed by atoms with Crippen molar-refractivity contribution in [1.82, 2.24) is 13.8 Å². The lowest BCUT2D eigenvalue weighted by molar-refractivity contribution is 0.0901. The van der Waals surface area contributed by atoms with Gasteiger partial charge in [0.25, 0.3) is 0 Å². The number of rotatable bonds is 5. The van der Waals surface area contributed by atoms with Gasteiger partial charge in [-0.1, -0.05) is 0 Å². The predicted octanol–water partition coefficient (Wildman–Crippen LogP) is 1.99. The molecule has 0 amide bonds. The second-order valence-electron chi connectivity index (χ2n) is 8.11. The van der Waals surface area contributed by atoms with Crippen molar-refractivity contribution in [3.63, 3.8) is 0 Å². The maximum atomic E-state index is 13.1. The Morgan fingerprint density at radius 2 is 1.68 bits per heavy atom. The largest absolute Gasteiger partial charge is 0.490 e. The highest BCUT2D eigenvalue weighted by atomic mass is 32.2. The van der Waals surface area contributed by atoms with Crippen LogP contribution < -0.4 is 9.47 Å². The number of aryl methyl sites for hydroxylation is 1. The van der Waals surface area contributed by atoms with Gasteiger partial charge in [0.1, 0.15) is 0 Å². The first-order valence-corrected chi connectivity index (χ1v) is 12.0. The number of benzene rings is 1. The zero-order valence-corrected chi connectivity index (χ0v) is 19.1. The molecule has 2 aliphatic rings. The Labute approximate surface area is 183 Å². The Bertz CT molecular complexity index is 1080. The van der Waals surface area contributed by atoms with Gasteiger partial charge in [-0.05, 0) is 32.0 Å². The van der Waals surface area contributed by atoms with E-state index in [4.69, 9.17) is 9.47 Å². The van der Waals surface area contributed by atoms with E-state index in [9.17, 15) is 13.2 Å². The van der Waals surface area contributed by atoms with Crippen molar-refractivity contribution >= 4 is 15.8 Å². The van der Waals surface area contributed by atoms with Crippen LogP contribution >= 0.6 is 0 Å². The summed E-state index contributed by atoms with van der Waals surface area (Å²) in [5.41, 5.74) is 2.74. The van der Waals surface area contributed by atoms with Crippen LogP contribution in [0, 0.1) is 13.8 Å². The number of hydrogen-bond acceptors (Lipinski definition) is 6. The van der Waals surface area contributed by atoms with Gasteiger partial charge in [0.2, 0.25) is 10.0 Å². The summed E-state index contributed by atoms with van der Waals surface area (Å²) >= 11 is 0. The monoisotopic (exact) mass is 447 g/mol. The molecule has 1 fully saturated rings. The van der Waals surface area contributed by atoms with Crippen LogP contribution in [0.2, 0.25) is 0 Å². The molecule has 8 nitrogen and oxygen atoms in total. The molecule has 0 unspecified atom stereocenters. The third-order valence-corrected chi connectivity index (χ3v) is 8.03. The Kier molecular flexibility index (Phi) is 6.09. The minimum atomic E-state index is -3.64. The van der Waals surface area contributed by atoms with E-state index in [0.717, 1.165) is 23.4 Å². The predicted molar refractivity (Wildman–Crippen MR) is 116 cm³/mol. The summed E-state index contributed by atoms with van der Waals surface area (Å²) in [5, 5.41) is 0. The first kappa shape index (κ1) is 21.9. The van der Waals surface area contributed by atoms with Gasteiger partial charge in [-0.2, -0.15) is 4.31 Å². The van der Waals surface area contributed by atoms with Gasteiger partial charge in [-0.25, -0.2) is 8.42 Å². The minimum absolute atomic E-state index is 0.0698. The molecule has 4 rings (SSSR count). The van der Waals surface area contributed by atoms with Crippen LogP contribution in [-0.2, 0) is 17.1 Å². The molecule has 0 aliphatic carbocycles. The lowest BCUT2D eigenvalue weighted by atomic mass is 10.1. The second-order valence-corrected chi connectivity index (χ2v) is 10.0. The van der Waals surface area contributed by atoms with E-state index in [1.165, 1.54) is 4.31 Å². The highest BCUT2D eigenvalue weighted by Gasteiger charge is 2.30. The van der Waals surface area contributed by atoms with Crippen LogP contribution in [0.1, 0.15) is 28.2 Å². The van der Waals surface area contributed by atoms with E-state index in [1.807, 2.05) is 36.4 Å². The number of aromatic nitrogens is 1. The normalized spacial score (nSPS) is 18.0. The van der Waals surface area contributed by atoms with E-state index in [2.05, 4.69) is 0 Å². The van der Waals surface area contributed by atoms with E-state index in [0.29, 0.717) is 57.4 Å². The van der Waals surface area contributed by atoms with Crippen LogP contribution in [0.4, 0.5) is 0 Å². The summed E-state index contributed by atoms with van der Waals surface area (Å²) in [6.07, 6.45) is 0.763. The molecule has 1 aromatic heterocycles. The third-order valence-electron chi connectivity index (χ3n) is 6.13. The molecule has 0 saturated carbocycles. The summed E-state index contributed by atoms with van der Waals surface area (Å²) in [4.78, 5) is 15.0. The van der Waals surface area contributed by atoms with Crippen molar-refractivity contribution in [3.8, 4) is 11.5 Å². The third kappa shape index (κ3) is 4.35. The van der Waals surface area contributed by atoms with Gasteiger partial charge >= 0.3 is 0 Å². The molecule has 9 heteroatoms. The first-order chi connectivity index (χ1) is 14.8. The lowest BCUT2D eigenvalue weighted by Crippen LogP contribution is -2.49. The number of piperazine rings is 1. The van der Waals surface area contributed by atoms with Gasteiger partial charge < -0.3 is 14.0 Å². The maximum Gasteiger partial charge on any atom is 0.243 e. The number of sulfonamides is 1. The van der Waals surface area contributed by atoms with Crippen molar-refractivity contribution in [3.05, 3.63) is 41.2 Å². The van der Waals surface area contributed by atoms with Gasteiger partial charge in [0, 0.05) is 62.7 Å². The van der Waals surface area contributed by atoms with Gasteiger partial charge in [0.05, 0.1) is 24.7 Å². The molecular formula is C22H29N3O5S. The van der Waals surface area contributed by atoms with Crippen LogP contribution in [0.5, 0.6) is 11.5 Å². The Hall–Kier alpha value is -2.36. The molecule has 1 aromatic carbocycles. The van der Waals surface area contributed by atoms with Gasteiger partial charge in [-0.3, -0.25) is 9.69 Å². The van der Waals surface area contributed by atoms with Crippen molar-refractivity contribution in [2.45, 2.75) is 25.2 Å². The quantitative estimate of drug-likeness (QED) is 0.652. The molecule has 0 spiro atoms. The van der Waals surface area contributed by atoms with Crippen LogP contribution in [-0.4, -0.2) is 73.9 Å². The number of nitrogens with zero attached hydrogens (tertiary/aromatic N) is 3. The molecule has 0 radical (unpaired) electrons. The second kappa shape index (κ2) is 8.64. The van der Waals surface area contributed by atoms with E-state index in [-0.39, 0.29) is 10.7 Å². The number of ether oxygens (including phenoxy) is 2. The van der Waals surface area contributed by atoms with E-state index >= 15 is 0 Å². The number of hydrogen-bond donors (Lipinski definition) is 0. The number of carbonyl (C=O) groups excluding carboxylic acids is 1. The first-order valence-electron chi connectivity index (χ1n) is 10.6. The number of Topliss-reactive ketones (excluding diaryl/α,β-unsaturated/α-hetero) is 1. The van der Waals surface area contributed by atoms with Crippen molar-refractivity contribution < 1.29 is 22.7 Å². The summed E-state index contributed by atoms with van der Waals surface area (Å²) in [6.45, 7) is 7.00. The topological polar surface area (TPSA) is 81.1 Å². The molecule has 1 saturated heterocycles. The van der Waals surface area contributed by atoms with E-state index in [1.54, 1.807) is 18.2 Å². The zero-order chi connectivity index (χ0) is 22.2. The van der Waals surface area contributed by atoms with Gasteiger partial charge in [0.15, 0.2) is 17.3 Å². The number of ketones is 1. The van der Waals surface area contributed by atoms with Crippen LogP contribution in [0.15, 0.2) is 29.2 Å². The summed E-state index contributed by atoms with van der Waals surface area (Å²) < 4.78 is 41.0. The summed E-state index contributed by atoms with van der Waals surface area (Å²) in [7, 11) is -1.69. The Morgan fingerprint density at radius 3 is 2.32 bits per heavy atom. The van der Waals surface area contributed by atoms with Crippen LogP contribution in [0.25, 0.3) is 0 Å². The highest BCUT2D eigenvalue weighted by molar-refractivity contribution is 7.89. The number of fused-ring (bicyclic) bond motifs is 1. The SMILES string of the molecule is Cc1cc(C(=O)CN2CCN(S(=O)(=O)c3ccc4c(c3)OCCCO4)CC2)c(C)n1C. The standard InChI is InChI=1S/C22H29N3O5S/c1-16-13-19(17(2)23(16)3)20(26)15-24-7-9-25(10-8-24)31(27,28)18-5-6-21-22(14-18)30-12-4-11-29-21/h5-6,13-14H,4,7-12,15H2,1-3H3. The van der Waals surface area contributed by atoms with E-state index < -0.39 is 10.0 Å². The fourth-order valence-electron chi connectivity index (χ4n) is 4.01. The fraction of sp³-hybridized carbons (Fsp3) is 0.500. The summed E-state index contributed by atoms with van der Waals surface area (Å²) in [5.74, 6) is 1.11. The highest BCUT2D eigenvalue weighted by Crippen LogP contribution is 2.33. The average Bonchev–Trinajstić information content (AvgIpc) is 2.92. The molecule has 168 valence electrons. The van der Waals surface area contributed by atoms with Crippen molar-refractivity contribution in [2.75, 3.05) is 45.9 Å².